The molecule has 0 aromatic rings. The van der Waals surface area contributed by atoms with Gasteiger partial charge >= 0.3 is 11.0 Å². The molecule has 6 aliphatic heterocycles. The van der Waals surface area contributed by atoms with Crippen LogP contribution in [-0.4, -0.2) is 194 Å². The fourth-order valence-electron chi connectivity index (χ4n) is 10.2. The van der Waals surface area contributed by atoms with Crippen molar-refractivity contribution < 1.29 is 0 Å². The minimum atomic E-state index is -2.80. The van der Waals surface area contributed by atoms with Crippen molar-refractivity contribution in [3.63, 3.8) is 0 Å². The maximum Gasteiger partial charge on any atom is 0.338 e. The Kier molecular flexibility index (Phi) is 58.8. The zero-order valence-electron chi connectivity index (χ0n) is 40.8. The van der Waals surface area contributed by atoms with Gasteiger partial charge in [0.05, 0.1) is 15.3 Å². The van der Waals surface area contributed by atoms with Gasteiger partial charge in [-0.25, -0.2) is 0 Å². The van der Waals surface area contributed by atoms with Crippen LogP contribution in [0.15, 0.2) is 0 Å². The number of rotatable bonds is 4. The number of halogens is 21. The Labute approximate surface area is 578 Å². The summed E-state index contributed by atoms with van der Waals surface area (Å²) in [5, 5.41) is 4.15. The molecule has 10 unspecified atom stereocenters. The van der Waals surface area contributed by atoms with Crippen molar-refractivity contribution in [3.8, 4) is 0 Å². The molecule has 0 nitrogen and oxygen atoms in total. The molecule has 6 aliphatic rings. The topological polar surface area (TPSA) is 0 Å². The maximum atomic E-state index is 6.53. The second kappa shape index (κ2) is 43.4. The quantitative estimate of drug-likeness (QED) is 0.200. The van der Waals surface area contributed by atoms with E-state index in [1.54, 1.807) is 38.6 Å². The molecule has 0 saturated carbocycles. The lowest BCUT2D eigenvalue weighted by atomic mass is 10.9. The van der Waals surface area contributed by atoms with Crippen LogP contribution >= 0.6 is 243 Å². The molecule has 6 heterocycles. The smallest absolute Gasteiger partial charge is 0.196 e. The molecule has 0 amide bonds. The van der Waals surface area contributed by atoms with E-state index in [-0.39, 0.29) is 64.4 Å². The lowest BCUT2D eigenvalue weighted by Crippen LogP contribution is -2.65. The van der Waals surface area contributed by atoms with E-state index in [4.69, 9.17) is 166 Å². The van der Waals surface area contributed by atoms with E-state index in [2.05, 4.69) is 135 Å². The van der Waals surface area contributed by atoms with Crippen molar-refractivity contribution in [1.82, 2.24) is 0 Å². The Morgan fingerprint density at radius 1 is 0.577 bits per heavy atom. The van der Waals surface area contributed by atoms with Crippen molar-refractivity contribution in [3.05, 3.63) is 0 Å². The predicted octanol–water partition coefficient (Wildman–Crippen LogP) is 11.3. The SMILES string of the molecule is C.C.C.C.CS[Si]1(C)[SiH2]C([SiH3])C[SiH]1C.C[SiH2][Si]1(C)[SiH2]C([SiH3])C[Si]1(C)C.C[SiH]1CC([SiH3])[SiH2][SiH2]1.C[Si]1(Cl)CC[SiH2][Si]1(Cl)[Si](Cl)(Cl)Cl.ClCl.ClCl.ClCl.Cl[Si](Cl)(Cl)[Si]1(Cl)[SiH2]CC[Si]1(Cl)Cl.Cl[Si]1(Cl)CC[SiH2][Si]1(Cl)Cl. The second-order valence-electron chi connectivity index (χ2n) is 20.8. The molecule has 46 heteroatoms. The Balaban J connectivity index is -0.000000135. The summed E-state index contributed by atoms with van der Waals surface area (Å²) in [6.07, 6.45) is -2.55. The van der Waals surface area contributed by atoms with Crippen molar-refractivity contribution in [1.29, 1.82) is 0 Å². The molecular weight excluding hydrogens is 1750 g/mol. The first-order valence-corrected chi connectivity index (χ1v) is 112. The molecule has 0 bridgehead atoms. The van der Waals surface area contributed by atoms with Crippen LogP contribution in [0.4, 0.5) is 0 Å². The van der Waals surface area contributed by atoms with E-state index in [1.807, 2.05) is 0 Å². The predicted molar refractivity (Wildman–Crippen MR) is 441 cm³/mol. The summed E-state index contributed by atoms with van der Waals surface area (Å²) >= 11 is 94.2. The summed E-state index contributed by atoms with van der Waals surface area (Å²) in [7, 11) is 30.5. The third kappa shape index (κ3) is 30.8. The van der Waals surface area contributed by atoms with Crippen LogP contribution in [0.2, 0.25) is 122 Å². The largest absolute Gasteiger partial charge is 0.338 e. The average Bonchev–Trinajstić information content (AvgIpc) is 4.00. The first-order valence-electron chi connectivity index (χ1n) is 22.5. The Morgan fingerprint density at radius 3 is 1.13 bits per heavy atom. The molecule has 6 saturated heterocycles. The molecule has 0 aromatic heterocycles. The van der Waals surface area contributed by atoms with Crippen LogP contribution < -0.4 is 0 Å². The van der Waals surface area contributed by atoms with E-state index in [0.717, 1.165) is 32.7 Å². The van der Waals surface area contributed by atoms with Gasteiger partial charge in [0.2, 0.25) is 5.94 Å². The van der Waals surface area contributed by atoms with E-state index < -0.39 is 77.5 Å². The van der Waals surface area contributed by atoms with Crippen LogP contribution in [0.1, 0.15) is 29.7 Å². The van der Waals surface area contributed by atoms with Crippen molar-refractivity contribution in [2.24, 2.45) is 0 Å². The van der Waals surface area contributed by atoms with Crippen LogP contribution in [0.5, 0.6) is 0 Å². The first-order chi connectivity index (χ1) is 30.2. The molecule has 6 rings (SSSR count). The molecule has 440 valence electrons. The third-order valence-corrected chi connectivity index (χ3v) is 358. The summed E-state index contributed by atoms with van der Waals surface area (Å²) in [5.41, 5.74) is -7.49. The van der Waals surface area contributed by atoms with E-state index in [0.29, 0.717) is 36.1 Å². The van der Waals surface area contributed by atoms with Gasteiger partial charge in [-0.2, -0.15) is 66.6 Å². The summed E-state index contributed by atoms with van der Waals surface area (Å²) in [6.45, 7) is 18.7. The highest BCUT2D eigenvalue weighted by atomic mass is 36.5. The minimum absolute atomic E-state index is 0. The van der Waals surface area contributed by atoms with Gasteiger partial charge in [-0.1, -0.05) is 134 Å². The van der Waals surface area contributed by atoms with Crippen LogP contribution in [0.25, 0.3) is 0 Å². The third-order valence-electron chi connectivity index (χ3n) is 15.0. The van der Waals surface area contributed by atoms with E-state index >= 15 is 0 Å². The van der Waals surface area contributed by atoms with Crippen LogP contribution in [0, 0.1) is 0 Å². The fraction of sp³-hybridized carbons (Fsp3) is 1.00. The molecule has 10 atom stereocenters. The Bertz CT molecular complexity index is 1330. The van der Waals surface area contributed by atoms with Crippen molar-refractivity contribution in [2.75, 3.05) is 6.26 Å². The molecule has 0 aliphatic carbocycles. The van der Waals surface area contributed by atoms with Crippen LogP contribution in [-0.2, 0) is 0 Å². The average molecular weight is 1840 g/mol. The fourth-order valence-corrected chi connectivity index (χ4v) is 351. The molecule has 0 N–H and O–H groups in total. The molecule has 0 aromatic carbocycles. The highest BCUT2D eigenvalue weighted by Crippen LogP contribution is 2.50. The summed E-state index contributed by atoms with van der Waals surface area (Å²) in [5.74, 6) is -4.36. The number of hydrogen-bond acceptors (Lipinski definition) is 1. The lowest BCUT2D eigenvalue weighted by Gasteiger charge is -2.33. The van der Waals surface area contributed by atoms with Crippen molar-refractivity contribution >= 4 is 430 Å². The van der Waals surface area contributed by atoms with Gasteiger partial charge in [-0.15, -0.1) is 111 Å². The molecule has 71 heavy (non-hydrogen) atoms. The molecular formula is C25H91Cl21SSi24. The van der Waals surface area contributed by atoms with Gasteiger partial charge < -0.3 is 0 Å². The van der Waals surface area contributed by atoms with Gasteiger partial charge in [0.25, 0.3) is 18.2 Å². The second-order valence-corrected chi connectivity index (χ2v) is 240. The van der Waals surface area contributed by atoms with Gasteiger partial charge in [0, 0.05) is 189 Å². The van der Waals surface area contributed by atoms with Gasteiger partial charge in [-0.05, 0) is 24.4 Å². The minimum Gasteiger partial charge on any atom is -0.196 e. The molecule has 0 radical (unpaired) electrons. The normalized spacial score (nSPS) is 37.7. The van der Waals surface area contributed by atoms with Gasteiger partial charge in [0.1, 0.15) is 0 Å². The zero-order valence-corrected chi connectivity index (χ0v) is 88.1. The first kappa shape index (κ1) is 96.3. The zero-order chi connectivity index (χ0) is 54.1. The summed E-state index contributed by atoms with van der Waals surface area (Å²) in [4.78, 5) is 0. The summed E-state index contributed by atoms with van der Waals surface area (Å²) in [6, 6.07) is 11.6. The monoisotopic (exact) mass is 1830 g/mol. The standard InChI is InChI=1S/C6H22Si5.C5H18SSi4.C3H9Cl5Si4.C3H14Si4.C2H6Cl6Si4.C2H6Cl4Si3.4CH4.3Cl2/c1-8-11(4)9-6(7)5-10(11,2)3;1-6-10(3)8-5(7)4-9(10)2;1-10(4)3-2-9-12(10,8)11(5,6)7;1-7-2-3(4)5-6-7;3-10(4)2-1-9-12(10,8)11(5,6)7;3-8(4)2-1-7-9(8,5)6;;;;;3*1-2/h6H,5,8-9H2,1-4,7H3;5,9H,4,8H2,1-3,7H3;2-3,9H2,1H3;3,7H,2,5-6H2,1,4H3;1-2,9H2;1-2,7H2;4*1H4;;;. The van der Waals surface area contributed by atoms with Crippen LogP contribution in [0.3, 0.4) is 0 Å². The maximum absolute atomic E-state index is 6.53. The van der Waals surface area contributed by atoms with Gasteiger partial charge in [-0.3, -0.25) is 0 Å². The summed E-state index contributed by atoms with van der Waals surface area (Å²) < 4.78 is 0. The van der Waals surface area contributed by atoms with Crippen molar-refractivity contribution in [2.45, 2.75) is 152 Å². The van der Waals surface area contributed by atoms with Gasteiger partial charge in [0.15, 0.2) is 12.8 Å². The molecule has 6 fully saturated rings. The highest BCUT2D eigenvalue weighted by molar-refractivity contribution is 8.39. The van der Waals surface area contributed by atoms with E-state index in [9.17, 15) is 0 Å². The Morgan fingerprint density at radius 2 is 0.986 bits per heavy atom. The highest BCUT2D eigenvalue weighted by Gasteiger charge is 2.69. The Hall–Kier alpha value is 11.6. The number of hydrogen-bond donors (Lipinski definition) is 0. The molecule has 0 spiro atoms. The van der Waals surface area contributed by atoms with E-state index in [1.165, 1.54) is 37.8 Å². The lowest BCUT2D eigenvalue weighted by molar-refractivity contribution is 1.30.